The van der Waals surface area contributed by atoms with Crippen molar-refractivity contribution in [3.8, 4) is 0 Å². The van der Waals surface area contributed by atoms with Crippen LogP contribution < -0.4 is 0 Å². The Balaban J connectivity index is 4.41. The van der Waals surface area contributed by atoms with Crippen molar-refractivity contribution in [2.75, 3.05) is 13.2 Å². The summed E-state index contributed by atoms with van der Waals surface area (Å²) < 4.78 is 17.0. The number of rotatable bonds is 63. The van der Waals surface area contributed by atoms with Crippen LogP contribution in [0.5, 0.6) is 0 Å². The molecule has 0 aliphatic carbocycles. The van der Waals surface area contributed by atoms with E-state index in [9.17, 15) is 14.4 Å². The second-order valence-electron chi connectivity index (χ2n) is 23.1. The lowest BCUT2D eigenvalue weighted by molar-refractivity contribution is -0.167. The molecule has 0 N–H and O–H groups in total. The third-order valence-electron chi connectivity index (χ3n) is 15.0. The molecule has 1 unspecified atom stereocenters. The largest absolute Gasteiger partial charge is 0.462 e. The lowest BCUT2D eigenvalue weighted by Gasteiger charge is -2.18. The number of carbonyl (C=O) groups is 3. The Morgan fingerprint density at radius 2 is 0.444 bits per heavy atom. The first-order chi connectivity index (χ1) is 40.0. The van der Waals surface area contributed by atoms with Gasteiger partial charge in [0.25, 0.3) is 0 Å². The van der Waals surface area contributed by atoms with E-state index in [2.05, 4.69) is 118 Å². The number of hydrogen-bond donors (Lipinski definition) is 0. The van der Waals surface area contributed by atoms with Gasteiger partial charge in [0.05, 0.1) is 0 Å². The number of hydrogen-bond acceptors (Lipinski definition) is 6. The number of carbonyl (C=O) groups excluding carboxylic acids is 3. The van der Waals surface area contributed by atoms with Crippen LogP contribution in [-0.4, -0.2) is 37.2 Å². The summed E-state index contributed by atoms with van der Waals surface area (Å²) in [4.78, 5) is 38.5. The standard InChI is InChI=1S/C75H130O6/c1-4-7-10-13-16-19-22-25-28-31-33-35-37-39-41-44-47-50-53-56-59-62-65-68-74(77)80-71-72(70-79-73(76)67-64-61-58-55-52-49-46-43-30-27-24-21-18-15-12-9-6-3)81-75(78)69-66-63-60-57-54-51-48-45-42-40-38-36-34-32-29-26-23-20-17-14-11-8-5-2/h18,21-23,25-27,30-34,37-40,72H,4-17,19-20,24,28-29,35-36,41-71H2,1-3H3/b21-18-,25-22-,26-23-,30-27-,33-31-,34-32-,39-37-,40-38-. The number of allylic oxidation sites excluding steroid dienone is 16. The summed E-state index contributed by atoms with van der Waals surface area (Å²) in [5.74, 6) is -0.895. The molecule has 0 radical (unpaired) electrons. The zero-order chi connectivity index (χ0) is 58.5. The molecule has 0 aromatic rings. The Hall–Kier alpha value is -3.67. The molecule has 1 atom stereocenters. The molecule has 81 heavy (non-hydrogen) atoms. The SMILES string of the molecule is CCCCC/C=C\C/C=C\CCCCCCCCCC(=O)OCC(COC(=O)CCCCCCCCCC/C=C\C/C=C\C/C=C\CCCCCCC)OC(=O)CCCCCCCCCC/C=C\C/C=C\C/C=C\CCCCCCC. The van der Waals surface area contributed by atoms with Gasteiger partial charge in [-0.25, -0.2) is 0 Å². The molecule has 0 aromatic carbocycles. The van der Waals surface area contributed by atoms with Gasteiger partial charge in [0.15, 0.2) is 6.10 Å². The Kier molecular flexibility index (Phi) is 65.7. The minimum absolute atomic E-state index is 0.0866. The van der Waals surface area contributed by atoms with Crippen LogP contribution in [0.1, 0.15) is 342 Å². The van der Waals surface area contributed by atoms with Crippen LogP contribution >= 0.6 is 0 Å². The summed E-state index contributed by atoms with van der Waals surface area (Å²) in [6, 6.07) is 0. The molecule has 0 spiro atoms. The average Bonchev–Trinajstić information content (AvgIpc) is 3.47. The van der Waals surface area contributed by atoms with Gasteiger partial charge in [-0.05, 0) is 128 Å². The van der Waals surface area contributed by atoms with E-state index >= 15 is 0 Å². The maximum absolute atomic E-state index is 13.0. The van der Waals surface area contributed by atoms with Gasteiger partial charge in [-0.3, -0.25) is 14.4 Å². The smallest absolute Gasteiger partial charge is 0.306 e. The zero-order valence-corrected chi connectivity index (χ0v) is 53.5. The molecule has 0 rings (SSSR count). The van der Waals surface area contributed by atoms with Crippen molar-refractivity contribution < 1.29 is 28.6 Å². The molecule has 0 bridgehead atoms. The molecule has 0 aliphatic heterocycles. The predicted molar refractivity (Wildman–Crippen MR) is 353 cm³/mol. The Bertz CT molecular complexity index is 1580. The van der Waals surface area contributed by atoms with E-state index in [4.69, 9.17) is 14.2 Å². The van der Waals surface area contributed by atoms with E-state index in [1.54, 1.807) is 0 Å². The highest BCUT2D eigenvalue weighted by atomic mass is 16.6. The highest BCUT2D eigenvalue weighted by Gasteiger charge is 2.19. The lowest BCUT2D eigenvalue weighted by atomic mass is 10.1. The molecule has 0 saturated carbocycles. The van der Waals surface area contributed by atoms with Gasteiger partial charge < -0.3 is 14.2 Å². The van der Waals surface area contributed by atoms with E-state index in [0.29, 0.717) is 19.3 Å². The summed E-state index contributed by atoms with van der Waals surface area (Å²) in [7, 11) is 0. The number of unbranched alkanes of at least 4 members (excludes halogenated alkanes) is 36. The predicted octanol–water partition coefficient (Wildman–Crippen LogP) is 24.0. The first-order valence-corrected chi connectivity index (χ1v) is 34.7. The lowest BCUT2D eigenvalue weighted by Crippen LogP contribution is -2.30. The fourth-order valence-corrected chi connectivity index (χ4v) is 9.78. The normalized spacial score (nSPS) is 12.7. The van der Waals surface area contributed by atoms with E-state index < -0.39 is 6.10 Å². The van der Waals surface area contributed by atoms with Crippen LogP contribution in [0.4, 0.5) is 0 Å². The Morgan fingerprint density at radius 1 is 0.247 bits per heavy atom. The van der Waals surface area contributed by atoms with Crippen LogP contribution in [0.25, 0.3) is 0 Å². The van der Waals surface area contributed by atoms with Gasteiger partial charge in [-0.1, -0.05) is 291 Å². The van der Waals surface area contributed by atoms with Crippen LogP contribution in [-0.2, 0) is 28.6 Å². The fourth-order valence-electron chi connectivity index (χ4n) is 9.78. The Morgan fingerprint density at radius 3 is 0.716 bits per heavy atom. The quantitative estimate of drug-likeness (QED) is 0.0261. The molecule has 0 amide bonds. The highest BCUT2D eigenvalue weighted by Crippen LogP contribution is 2.16. The van der Waals surface area contributed by atoms with Gasteiger partial charge in [0.2, 0.25) is 0 Å². The second-order valence-corrected chi connectivity index (χ2v) is 23.1. The maximum atomic E-state index is 13.0. The van der Waals surface area contributed by atoms with Crippen LogP contribution in [0.3, 0.4) is 0 Å². The van der Waals surface area contributed by atoms with Gasteiger partial charge in [-0.15, -0.1) is 0 Å². The first kappa shape index (κ1) is 77.3. The zero-order valence-electron chi connectivity index (χ0n) is 53.5. The molecule has 0 aliphatic rings. The van der Waals surface area contributed by atoms with Crippen LogP contribution in [0, 0.1) is 0 Å². The van der Waals surface area contributed by atoms with Crippen molar-refractivity contribution in [1.82, 2.24) is 0 Å². The van der Waals surface area contributed by atoms with Crippen molar-refractivity contribution in [3.05, 3.63) is 97.2 Å². The van der Waals surface area contributed by atoms with Crippen LogP contribution in [0.2, 0.25) is 0 Å². The number of ether oxygens (including phenoxy) is 3. The summed E-state index contributed by atoms with van der Waals surface area (Å²) in [5.41, 5.74) is 0. The van der Waals surface area contributed by atoms with Crippen LogP contribution in [0.15, 0.2) is 97.2 Å². The minimum atomic E-state index is -0.792. The van der Waals surface area contributed by atoms with E-state index in [-0.39, 0.29) is 31.1 Å². The maximum Gasteiger partial charge on any atom is 0.306 e. The monoisotopic (exact) mass is 1130 g/mol. The highest BCUT2D eigenvalue weighted by molar-refractivity contribution is 5.71. The van der Waals surface area contributed by atoms with Crippen molar-refractivity contribution >= 4 is 17.9 Å². The Labute approximate surface area is 502 Å². The third-order valence-corrected chi connectivity index (χ3v) is 15.0. The molecule has 0 heterocycles. The molecule has 0 saturated heterocycles. The summed E-state index contributed by atoms with van der Waals surface area (Å²) in [6.07, 6.45) is 92.7. The van der Waals surface area contributed by atoms with E-state index in [1.165, 1.54) is 193 Å². The topological polar surface area (TPSA) is 78.9 Å². The van der Waals surface area contributed by atoms with Crippen molar-refractivity contribution in [2.45, 2.75) is 348 Å². The molecular formula is C75H130O6. The van der Waals surface area contributed by atoms with Crippen molar-refractivity contribution in [3.63, 3.8) is 0 Å². The van der Waals surface area contributed by atoms with Gasteiger partial charge >= 0.3 is 17.9 Å². The number of esters is 3. The van der Waals surface area contributed by atoms with E-state index in [1.807, 2.05) is 0 Å². The summed E-state index contributed by atoms with van der Waals surface area (Å²) in [5, 5.41) is 0. The molecule has 0 fully saturated rings. The molecule has 6 nitrogen and oxygen atoms in total. The molecule has 0 aromatic heterocycles. The van der Waals surface area contributed by atoms with E-state index in [0.717, 1.165) is 109 Å². The molecule has 6 heteroatoms. The van der Waals surface area contributed by atoms with Gasteiger partial charge in [0.1, 0.15) is 13.2 Å². The fraction of sp³-hybridized carbons (Fsp3) is 0.747. The van der Waals surface area contributed by atoms with Crippen molar-refractivity contribution in [1.29, 1.82) is 0 Å². The molecule has 466 valence electrons. The third kappa shape index (κ3) is 67.0. The minimum Gasteiger partial charge on any atom is -0.462 e. The average molecular weight is 1130 g/mol. The second kappa shape index (κ2) is 68.8. The van der Waals surface area contributed by atoms with Gasteiger partial charge in [0, 0.05) is 19.3 Å². The van der Waals surface area contributed by atoms with Gasteiger partial charge in [-0.2, -0.15) is 0 Å². The first-order valence-electron chi connectivity index (χ1n) is 34.7. The summed E-state index contributed by atoms with van der Waals surface area (Å²) >= 11 is 0. The molecular weight excluding hydrogens is 997 g/mol. The van der Waals surface area contributed by atoms with Crippen molar-refractivity contribution in [2.24, 2.45) is 0 Å². The summed E-state index contributed by atoms with van der Waals surface area (Å²) in [6.45, 7) is 6.61.